The summed E-state index contributed by atoms with van der Waals surface area (Å²) in [6.07, 6.45) is 0. The molecule has 2 heterocycles. The molecule has 1 aliphatic heterocycles. The Morgan fingerprint density at radius 1 is 0.636 bits per heavy atom. The van der Waals surface area contributed by atoms with Crippen LogP contribution in [0, 0.1) is 41.5 Å². The lowest BCUT2D eigenvalue weighted by Crippen LogP contribution is -2.55. The van der Waals surface area contributed by atoms with Gasteiger partial charge in [-0.05, 0) is 58.5 Å². The summed E-state index contributed by atoms with van der Waals surface area (Å²) >= 11 is 1.92. The van der Waals surface area contributed by atoms with Gasteiger partial charge in [-0.2, -0.15) is 11.3 Å². The molecule has 0 saturated heterocycles. The van der Waals surface area contributed by atoms with Crippen molar-refractivity contribution >= 4 is 56.9 Å². The van der Waals surface area contributed by atoms with Gasteiger partial charge in [0.25, 0.3) is 6.71 Å². The molecule has 0 spiro atoms. The van der Waals surface area contributed by atoms with Gasteiger partial charge >= 0.3 is 6.98 Å². The van der Waals surface area contributed by atoms with Crippen LogP contribution in [-0.2, 0) is 0 Å². The Balaban J connectivity index is 1.63. The third-order valence-corrected chi connectivity index (χ3v) is 8.01. The minimum atomic E-state index is 0.113. The van der Waals surface area contributed by atoms with Crippen molar-refractivity contribution in [1.29, 1.82) is 0 Å². The zero-order valence-corrected chi connectivity index (χ0v) is 21.2. The van der Waals surface area contributed by atoms with E-state index in [1.54, 1.807) is 0 Å². The molecule has 1 aromatic heterocycles. The summed E-state index contributed by atoms with van der Waals surface area (Å²) in [5, 5.41) is 7.28. The molecule has 0 aliphatic carbocycles. The van der Waals surface area contributed by atoms with E-state index in [4.69, 9.17) is 0 Å². The van der Waals surface area contributed by atoms with E-state index in [2.05, 4.69) is 113 Å². The first kappa shape index (κ1) is 21.9. The summed E-state index contributed by atoms with van der Waals surface area (Å²) in [4.78, 5) is 0. The fraction of sp³-hybridized carbons (Fsp3) is 0.214. The molecule has 4 aromatic rings. The molecule has 0 radical (unpaired) electrons. The predicted molar refractivity (Wildman–Crippen MR) is 149 cm³/mol. The van der Waals surface area contributed by atoms with Crippen molar-refractivity contribution in [3.8, 4) is 0 Å². The fourth-order valence-electron chi connectivity index (χ4n) is 5.62. The lowest BCUT2D eigenvalue weighted by molar-refractivity contribution is 1.34. The first-order valence-corrected chi connectivity index (χ1v) is 12.5. The maximum atomic E-state index is 3.64. The van der Waals surface area contributed by atoms with Crippen molar-refractivity contribution < 1.29 is 0 Å². The maximum Gasteiger partial charge on any atom is 0.416 e. The molecule has 3 aromatic carbocycles. The van der Waals surface area contributed by atoms with Crippen LogP contribution < -0.4 is 30.9 Å². The smallest absolute Gasteiger partial charge is 0.403 e. The van der Waals surface area contributed by atoms with Gasteiger partial charge in [0.05, 0.1) is 0 Å². The Labute approximate surface area is 202 Å². The molecule has 0 saturated carbocycles. The SMILES string of the molecule is Cc1cc(C)c(B(c2ccc(B3Nc4ccccc4N3)s2)c2c(C)cc(C)cc2C)c(C)c1. The number of fused-ring (bicyclic) bond motifs is 1. The molecule has 0 amide bonds. The van der Waals surface area contributed by atoms with Gasteiger partial charge in [-0.3, -0.25) is 0 Å². The fourth-order valence-corrected chi connectivity index (χ4v) is 6.76. The van der Waals surface area contributed by atoms with Gasteiger partial charge < -0.3 is 10.5 Å². The van der Waals surface area contributed by atoms with Crippen LogP contribution in [-0.4, -0.2) is 13.7 Å². The summed E-state index contributed by atoms with van der Waals surface area (Å²) < 4.78 is 2.71. The Morgan fingerprint density at radius 2 is 1.09 bits per heavy atom. The molecule has 5 rings (SSSR count). The summed E-state index contributed by atoms with van der Waals surface area (Å²) in [5.41, 5.74) is 13.4. The average Bonchev–Trinajstić information content (AvgIpc) is 3.38. The second-order valence-corrected chi connectivity index (χ2v) is 10.7. The van der Waals surface area contributed by atoms with E-state index in [1.165, 1.54) is 65.2 Å². The number of hydrogen-bond donors (Lipinski definition) is 2. The highest BCUT2D eigenvalue weighted by Gasteiger charge is 2.33. The zero-order chi connectivity index (χ0) is 23.3. The van der Waals surface area contributed by atoms with Crippen molar-refractivity contribution in [2.24, 2.45) is 0 Å². The third kappa shape index (κ3) is 4.00. The molecule has 0 fully saturated rings. The number of para-hydroxylation sites is 2. The van der Waals surface area contributed by atoms with E-state index in [1.807, 2.05) is 11.3 Å². The van der Waals surface area contributed by atoms with Crippen LogP contribution in [0.5, 0.6) is 0 Å². The van der Waals surface area contributed by atoms with Gasteiger partial charge in [0, 0.05) is 16.2 Å². The standard InChI is InChI=1S/C28H30B2N2S/c1-17-13-19(3)27(20(4)14-17)29(28-21(5)15-18(2)16-22(28)6)25-11-12-26(33-25)30-31-23-9-7-8-10-24(23)32-30/h7-16,31-32H,1-6H3. The number of benzene rings is 3. The molecule has 164 valence electrons. The minimum Gasteiger partial charge on any atom is -0.403 e. The largest absolute Gasteiger partial charge is 0.416 e. The number of nitrogens with one attached hydrogen (secondary N) is 2. The van der Waals surface area contributed by atoms with Crippen LogP contribution in [0.4, 0.5) is 11.4 Å². The van der Waals surface area contributed by atoms with E-state index in [9.17, 15) is 0 Å². The number of aryl methyl sites for hydroxylation is 6. The van der Waals surface area contributed by atoms with Crippen molar-refractivity contribution in [2.45, 2.75) is 41.5 Å². The Bertz CT molecular complexity index is 1230. The number of rotatable bonds is 4. The van der Waals surface area contributed by atoms with Gasteiger partial charge in [-0.25, -0.2) is 0 Å². The van der Waals surface area contributed by atoms with Gasteiger partial charge in [0.2, 0.25) is 0 Å². The normalized spacial score (nSPS) is 12.4. The molecule has 0 unspecified atom stereocenters. The number of anilines is 2. The summed E-state index contributed by atoms with van der Waals surface area (Å²) in [6.45, 7) is 13.8. The topological polar surface area (TPSA) is 24.1 Å². The molecule has 2 nitrogen and oxygen atoms in total. The average molecular weight is 448 g/mol. The highest BCUT2D eigenvalue weighted by Crippen LogP contribution is 2.26. The zero-order valence-electron chi connectivity index (χ0n) is 20.3. The highest BCUT2D eigenvalue weighted by atomic mass is 32.1. The van der Waals surface area contributed by atoms with Gasteiger partial charge in [0.15, 0.2) is 0 Å². The van der Waals surface area contributed by atoms with Crippen LogP contribution in [0.1, 0.15) is 33.4 Å². The van der Waals surface area contributed by atoms with E-state index in [0.29, 0.717) is 0 Å². The van der Waals surface area contributed by atoms with Crippen molar-refractivity contribution in [3.05, 3.63) is 94.0 Å². The maximum absolute atomic E-state index is 3.64. The second kappa shape index (κ2) is 8.46. The van der Waals surface area contributed by atoms with E-state index < -0.39 is 0 Å². The Kier molecular flexibility index (Phi) is 5.62. The van der Waals surface area contributed by atoms with Gasteiger partial charge in [0.1, 0.15) is 0 Å². The molecule has 1 aliphatic rings. The minimum absolute atomic E-state index is 0.113. The van der Waals surface area contributed by atoms with E-state index in [0.717, 1.165) is 0 Å². The first-order valence-electron chi connectivity index (χ1n) is 11.7. The molecule has 2 N–H and O–H groups in total. The van der Waals surface area contributed by atoms with Crippen molar-refractivity contribution in [2.75, 3.05) is 10.5 Å². The van der Waals surface area contributed by atoms with Gasteiger partial charge in [-0.15, -0.1) is 0 Å². The van der Waals surface area contributed by atoms with Crippen LogP contribution in [0.15, 0.2) is 60.7 Å². The van der Waals surface area contributed by atoms with Crippen molar-refractivity contribution in [1.82, 2.24) is 0 Å². The number of thiophene rings is 1. The molecular formula is C28H30B2N2S. The van der Waals surface area contributed by atoms with Crippen LogP contribution in [0.3, 0.4) is 0 Å². The molecule has 5 heteroatoms. The highest BCUT2D eigenvalue weighted by molar-refractivity contribution is 7.34. The molecule has 0 bridgehead atoms. The van der Waals surface area contributed by atoms with Crippen LogP contribution in [0.2, 0.25) is 0 Å². The van der Waals surface area contributed by atoms with Gasteiger partial charge in [-0.1, -0.05) is 92.8 Å². The van der Waals surface area contributed by atoms with Crippen molar-refractivity contribution in [3.63, 3.8) is 0 Å². The van der Waals surface area contributed by atoms with E-state index in [-0.39, 0.29) is 13.7 Å². The third-order valence-electron chi connectivity index (χ3n) is 6.80. The number of hydrogen-bond acceptors (Lipinski definition) is 3. The summed E-state index contributed by atoms with van der Waals surface area (Å²) in [6, 6.07) is 22.4. The molecule has 0 atom stereocenters. The lowest BCUT2D eigenvalue weighted by atomic mass is 9.37. The monoisotopic (exact) mass is 448 g/mol. The predicted octanol–water partition coefficient (Wildman–Crippen LogP) is 4.35. The first-order chi connectivity index (χ1) is 15.8. The Hall–Kier alpha value is -2.91. The Morgan fingerprint density at radius 3 is 1.55 bits per heavy atom. The lowest BCUT2D eigenvalue weighted by Gasteiger charge is -2.23. The van der Waals surface area contributed by atoms with E-state index >= 15 is 0 Å². The molecular weight excluding hydrogens is 418 g/mol. The molecule has 33 heavy (non-hydrogen) atoms. The quantitative estimate of drug-likeness (QED) is 0.454. The second-order valence-electron chi connectivity index (χ2n) is 9.57. The summed E-state index contributed by atoms with van der Waals surface area (Å²) in [7, 11) is 0. The summed E-state index contributed by atoms with van der Waals surface area (Å²) in [5.74, 6) is 0. The van der Waals surface area contributed by atoms with Crippen LogP contribution >= 0.6 is 11.3 Å². The van der Waals surface area contributed by atoms with Crippen LogP contribution in [0.25, 0.3) is 0 Å².